The fourth-order valence-electron chi connectivity index (χ4n) is 3.46. The van der Waals surface area contributed by atoms with E-state index in [-0.39, 0.29) is 24.2 Å². The standard InChI is InChI=1S/C21H23NO3/c1-14(23)16-10-11-20(25-2)17(12-16)13-21(24)22-19-9-5-7-15-6-3-4-8-18(15)19/h3-4,6,8,10-12,19H,5,7,9,13H2,1-2H3,(H,22,24). The van der Waals surface area contributed by atoms with Crippen molar-refractivity contribution in [3.8, 4) is 5.75 Å². The number of fused-ring (bicyclic) bond motifs is 1. The lowest BCUT2D eigenvalue weighted by atomic mass is 9.87. The summed E-state index contributed by atoms with van der Waals surface area (Å²) in [7, 11) is 1.57. The minimum atomic E-state index is -0.0549. The van der Waals surface area contributed by atoms with Gasteiger partial charge in [0.05, 0.1) is 19.6 Å². The molecule has 4 nitrogen and oxygen atoms in total. The van der Waals surface area contributed by atoms with E-state index in [0.29, 0.717) is 11.3 Å². The molecule has 0 aliphatic heterocycles. The third kappa shape index (κ3) is 3.90. The number of ether oxygens (including phenoxy) is 1. The molecule has 4 heteroatoms. The van der Waals surface area contributed by atoms with Gasteiger partial charge in [0.25, 0.3) is 0 Å². The highest BCUT2D eigenvalue weighted by Crippen LogP contribution is 2.29. The number of nitrogens with one attached hydrogen (secondary N) is 1. The van der Waals surface area contributed by atoms with Gasteiger partial charge in [0.1, 0.15) is 5.75 Å². The highest BCUT2D eigenvalue weighted by atomic mass is 16.5. The zero-order valence-corrected chi connectivity index (χ0v) is 14.7. The van der Waals surface area contributed by atoms with Gasteiger partial charge in [-0.25, -0.2) is 0 Å². The van der Waals surface area contributed by atoms with Gasteiger partial charge < -0.3 is 10.1 Å². The third-order valence-electron chi connectivity index (χ3n) is 4.74. The summed E-state index contributed by atoms with van der Waals surface area (Å²) in [5.74, 6) is 0.551. The molecule has 0 radical (unpaired) electrons. The fraction of sp³-hybridized carbons (Fsp3) is 0.333. The van der Waals surface area contributed by atoms with Crippen LogP contribution < -0.4 is 10.1 Å². The molecule has 0 saturated heterocycles. The molecule has 1 amide bonds. The van der Waals surface area contributed by atoms with Crippen LogP contribution in [-0.2, 0) is 17.6 Å². The summed E-state index contributed by atoms with van der Waals surface area (Å²) >= 11 is 0. The summed E-state index contributed by atoms with van der Waals surface area (Å²) in [6.07, 6.45) is 3.29. The van der Waals surface area contributed by atoms with Crippen LogP contribution in [0.3, 0.4) is 0 Å². The van der Waals surface area contributed by atoms with Crippen LogP contribution in [0.4, 0.5) is 0 Å². The molecule has 0 heterocycles. The van der Waals surface area contributed by atoms with E-state index in [9.17, 15) is 9.59 Å². The SMILES string of the molecule is COc1ccc(C(C)=O)cc1CC(=O)NC1CCCc2ccccc21. The zero-order chi connectivity index (χ0) is 17.8. The van der Waals surface area contributed by atoms with Crippen LogP contribution in [0.1, 0.15) is 52.9 Å². The number of carbonyl (C=O) groups is 2. The van der Waals surface area contributed by atoms with Crippen molar-refractivity contribution in [2.45, 2.75) is 38.6 Å². The first kappa shape index (κ1) is 17.2. The smallest absolute Gasteiger partial charge is 0.225 e. The van der Waals surface area contributed by atoms with E-state index in [4.69, 9.17) is 4.74 Å². The number of amides is 1. The highest BCUT2D eigenvalue weighted by molar-refractivity contribution is 5.94. The molecule has 1 unspecified atom stereocenters. The number of Topliss-reactive ketones (excluding diaryl/α,β-unsaturated/α-hetero) is 1. The average Bonchev–Trinajstić information content (AvgIpc) is 2.62. The molecule has 2 aromatic rings. The summed E-state index contributed by atoms with van der Waals surface area (Å²) in [6.45, 7) is 1.52. The van der Waals surface area contributed by atoms with E-state index >= 15 is 0 Å². The van der Waals surface area contributed by atoms with Gasteiger partial charge in [-0.05, 0) is 55.5 Å². The first-order chi connectivity index (χ1) is 12.1. The van der Waals surface area contributed by atoms with Gasteiger partial charge >= 0.3 is 0 Å². The number of aryl methyl sites for hydroxylation is 1. The molecule has 130 valence electrons. The molecule has 0 fully saturated rings. The van der Waals surface area contributed by atoms with Crippen LogP contribution in [0.2, 0.25) is 0 Å². The van der Waals surface area contributed by atoms with Gasteiger partial charge in [0.15, 0.2) is 5.78 Å². The predicted molar refractivity (Wildman–Crippen MR) is 97.0 cm³/mol. The van der Waals surface area contributed by atoms with Crippen LogP contribution in [-0.4, -0.2) is 18.8 Å². The third-order valence-corrected chi connectivity index (χ3v) is 4.74. The van der Waals surface area contributed by atoms with Gasteiger partial charge in [0.2, 0.25) is 5.91 Å². The Morgan fingerprint density at radius 1 is 1.20 bits per heavy atom. The Labute approximate surface area is 148 Å². The first-order valence-corrected chi connectivity index (χ1v) is 8.63. The zero-order valence-electron chi connectivity index (χ0n) is 14.7. The minimum Gasteiger partial charge on any atom is -0.496 e. The van der Waals surface area contributed by atoms with E-state index in [2.05, 4.69) is 17.4 Å². The van der Waals surface area contributed by atoms with Gasteiger partial charge in [0, 0.05) is 11.1 Å². The molecule has 0 aromatic heterocycles. The van der Waals surface area contributed by atoms with Crippen molar-refractivity contribution in [2.75, 3.05) is 7.11 Å². The maximum absolute atomic E-state index is 12.6. The molecule has 0 spiro atoms. The summed E-state index contributed by atoms with van der Waals surface area (Å²) in [5.41, 5.74) is 3.85. The normalized spacial score (nSPS) is 16.0. The van der Waals surface area contributed by atoms with Gasteiger partial charge in [-0.15, -0.1) is 0 Å². The monoisotopic (exact) mass is 337 g/mol. The Bertz CT molecular complexity index is 797. The number of methoxy groups -OCH3 is 1. The Hall–Kier alpha value is -2.62. The van der Waals surface area contributed by atoms with E-state index < -0.39 is 0 Å². The lowest BCUT2D eigenvalue weighted by Crippen LogP contribution is -2.32. The van der Waals surface area contributed by atoms with E-state index in [1.165, 1.54) is 18.1 Å². The van der Waals surface area contributed by atoms with Crippen molar-refractivity contribution in [1.82, 2.24) is 5.32 Å². The molecule has 2 aromatic carbocycles. The Morgan fingerprint density at radius 3 is 2.76 bits per heavy atom. The largest absolute Gasteiger partial charge is 0.496 e. The van der Waals surface area contributed by atoms with E-state index in [0.717, 1.165) is 24.8 Å². The molecule has 0 saturated carbocycles. The van der Waals surface area contributed by atoms with Crippen LogP contribution in [0.15, 0.2) is 42.5 Å². The Morgan fingerprint density at radius 2 is 2.00 bits per heavy atom. The second-order valence-corrected chi connectivity index (χ2v) is 6.47. The van der Waals surface area contributed by atoms with E-state index in [1.54, 1.807) is 25.3 Å². The molecule has 0 bridgehead atoms. The second kappa shape index (κ2) is 7.51. The summed E-state index contributed by atoms with van der Waals surface area (Å²) < 4.78 is 5.34. The quantitative estimate of drug-likeness (QED) is 0.848. The highest BCUT2D eigenvalue weighted by Gasteiger charge is 2.22. The molecule has 1 N–H and O–H groups in total. The molecular weight excluding hydrogens is 314 g/mol. The second-order valence-electron chi connectivity index (χ2n) is 6.47. The number of rotatable bonds is 5. The predicted octanol–water partition coefficient (Wildman–Crippen LogP) is 3.63. The number of carbonyl (C=O) groups excluding carboxylic acids is 2. The lowest BCUT2D eigenvalue weighted by Gasteiger charge is -2.26. The van der Waals surface area contributed by atoms with E-state index in [1.807, 2.05) is 12.1 Å². The fourth-order valence-corrected chi connectivity index (χ4v) is 3.46. The molecule has 25 heavy (non-hydrogen) atoms. The molecule has 1 aliphatic rings. The van der Waals surface area contributed by atoms with Gasteiger partial charge in [-0.3, -0.25) is 9.59 Å². The minimum absolute atomic E-state index is 0.0227. The molecule has 3 rings (SSSR count). The Kier molecular flexibility index (Phi) is 5.17. The topological polar surface area (TPSA) is 55.4 Å². The van der Waals surface area contributed by atoms with Crippen molar-refractivity contribution in [3.05, 3.63) is 64.7 Å². The number of ketones is 1. The van der Waals surface area contributed by atoms with Crippen molar-refractivity contribution < 1.29 is 14.3 Å². The van der Waals surface area contributed by atoms with Gasteiger partial charge in [-0.2, -0.15) is 0 Å². The van der Waals surface area contributed by atoms with Crippen LogP contribution in [0.25, 0.3) is 0 Å². The van der Waals surface area contributed by atoms with Crippen molar-refractivity contribution in [1.29, 1.82) is 0 Å². The number of hydrogen-bond acceptors (Lipinski definition) is 3. The van der Waals surface area contributed by atoms with Crippen LogP contribution in [0, 0.1) is 0 Å². The maximum atomic E-state index is 12.6. The average molecular weight is 337 g/mol. The lowest BCUT2D eigenvalue weighted by molar-refractivity contribution is -0.121. The number of benzene rings is 2. The summed E-state index contributed by atoms with van der Waals surface area (Å²) in [6, 6.07) is 13.6. The summed E-state index contributed by atoms with van der Waals surface area (Å²) in [5, 5.41) is 3.14. The van der Waals surface area contributed by atoms with Crippen LogP contribution in [0.5, 0.6) is 5.75 Å². The Balaban J connectivity index is 1.75. The van der Waals surface area contributed by atoms with Gasteiger partial charge in [-0.1, -0.05) is 24.3 Å². The molecular formula is C21H23NO3. The first-order valence-electron chi connectivity index (χ1n) is 8.63. The molecule has 1 aliphatic carbocycles. The number of hydrogen-bond donors (Lipinski definition) is 1. The summed E-state index contributed by atoms with van der Waals surface area (Å²) in [4.78, 5) is 24.2. The van der Waals surface area contributed by atoms with Crippen molar-refractivity contribution in [2.24, 2.45) is 0 Å². The van der Waals surface area contributed by atoms with Crippen molar-refractivity contribution >= 4 is 11.7 Å². The van der Waals surface area contributed by atoms with Crippen molar-refractivity contribution in [3.63, 3.8) is 0 Å². The van der Waals surface area contributed by atoms with Crippen LogP contribution >= 0.6 is 0 Å². The molecule has 1 atom stereocenters. The maximum Gasteiger partial charge on any atom is 0.225 e.